The molecular formula is C64H61N3O. The van der Waals surface area contributed by atoms with E-state index >= 15 is 0 Å². The van der Waals surface area contributed by atoms with Gasteiger partial charge in [0, 0.05) is 28.4 Å². The average molecular weight is 892 g/mol. The second kappa shape index (κ2) is 18.6. The maximum absolute atomic E-state index is 11.9. The van der Waals surface area contributed by atoms with Crippen molar-refractivity contribution in [1.29, 1.82) is 0 Å². The lowest BCUT2D eigenvalue weighted by atomic mass is 9.86. The number of nitrogens with zero attached hydrogens (tertiary/aromatic N) is 3. The molecule has 0 amide bonds. The van der Waals surface area contributed by atoms with E-state index in [1.807, 2.05) is 79.0 Å². The zero-order valence-corrected chi connectivity index (χ0v) is 39.3. The molecule has 7 aromatic carbocycles. The molecule has 2 aromatic heterocycles. The standard InChI is InChI=1S/C64H61N3O/c1-64(2,3)54-30-32-61(68)57(42-54)63-66-62-55(23-14-24-60(62)67(63)59-31-27-46(36-44-17-12-13-18-44)37-56(59)49-21-8-5-9-22-49)52-38-51(47-19-6-4-7-20-47)39-53(40-52)58-41-50(33-34-65-58)48-28-25-45(26-29-48)35-43-15-10-11-16-43/h4-9,14,19-34,37-44,68H,10-13,15-18,35-36H2,1-3H3/i35D2,36D2. The molecule has 0 radical (unpaired) electrons. The van der Waals surface area contributed by atoms with E-state index in [2.05, 4.69) is 116 Å². The van der Waals surface area contributed by atoms with Crippen molar-refractivity contribution in [2.45, 2.75) is 90.3 Å². The number of aromatic hydroxyl groups is 1. The normalized spacial score (nSPS) is 15.9. The molecule has 2 fully saturated rings. The first-order valence-electron chi connectivity index (χ1n) is 26.6. The molecule has 0 bridgehead atoms. The molecule has 2 aliphatic rings. The predicted molar refractivity (Wildman–Crippen MR) is 283 cm³/mol. The van der Waals surface area contributed by atoms with E-state index in [9.17, 15) is 7.85 Å². The maximum atomic E-state index is 11.9. The molecule has 4 nitrogen and oxygen atoms in total. The van der Waals surface area contributed by atoms with Crippen LogP contribution in [0.2, 0.25) is 0 Å². The van der Waals surface area contributed by atoms with Crippen LogP contribution >= 0.6 is 0 Å². The van der Waals surface area contributed by atoms with E-state index in [1.54, 1.807) is 6.07 Å². The molecule has 338 valence electrons. The Kier molecular flexibility index (Phi) is 10.6. The van der Waals surface area contributed by atoms with Gasteiger partial charge in [0.25, 0.3) is 0 Å². The first-order valence-corrected chi connectivity index (χ1v) is 24.6. The Morgan fingerprint density at radius 3 is 1.87 bits per heavy atom. The molecule has 1 N–H and O–H groups in total. The number of benzene rings is 7. The number of imidazole rings is 1. The Morgan fingerprint density at radius 2 is 1.16 bits per heavy atom. The fourth-order valence-corrected chi connectivity index (χ4v) is 10.5. The summed E-state index contributed by atoms with van der Waals surface area (Å²) in [7, 11) is 0. The summed E-state index contributed by atoms with van der Waals surface area (Å²) in [6, 6.07) is 57.6. The van der Waals surface area contributed by atoms with Crippen molar-refractivity contribution < 1.29 is 10.6 Å². The molecule has 0 spiro atoms. The third kappa shape index (κ3) is 8.93. The van der Waals surface area contributed by atoms with Crippen LogP contribution in [-0.2, 0) is 18.2 Å². The van der Waals surface area contributed by atoms with Gasteiger partial charge in [-0.2, -0.15) is 0 Å². The van der Waals surface area contributed by atoms with E-state index in [4.69, 9.17) is 12.7 Å². The van der Waals surface area contributed by atoms with Crippen molar-refractivity contribution in [3.05, 3.63) is 193 Å². The molecule has 2 heterocycles. The van der Waals surface area contributed by atoms with E-state index in [0.29, 0.717) is 17.0 Å². The summed E-state index contributed by atoms with van der Waals surface area (Å²) in [5.74, 6) is 0.717. The van der Waals surface area contributed by atoms with Gasteiger partial charge in [-0.15, -0.1) is 0 Å². The van der Waals surface area contributed by atoms with E-state index in [-0.39, 0.29) is 23.0 Å². The summed E-state index contributed by atoms with van der Waals surface area (Å²) in [5.41, 5.74) is 14.9. The van der Waals surface area contributed by atoms with Crippen molar-refractivity contribution in [2.75, 3.05) is 0 Å². The molecule has 0 saturated heterocycles. The molecular weight excluding hydrogens is 827 g/mol. The van der Waals surface area contributed by atoms with E-state index in [0.717, 1.165) is 135 Å². The third-order valence-corrected chi connectivity index (χ3v) is 14.2. The highest BCUT2D eigenvalue weighted by molar-refractivity contribution is 5.98. The van der Waals surface area contributed by atoms with Crippen molar-refractivity contribution in [3.8, 4) is 78.6 Å². The highest BCUT2D eigenvalue weighted by Crippen LogP contribution is 2.43. The van der Waals surface area contributed by atoms with Crippen LogP contribution in [0.1, 0.15) is 94.3 Å². The lowest BCUT2D eigenvalue weighted by molar-refractivity contribution is 0.475. The number of hydrogen-bond donors (Lipinski definition) is 1. The summed E-state index contributed by atoms with van der Waals surface area (Å²) >= 11 is 0. The van der Waals surface area contributed by atoms with Crippen LogP contribution in [0.15, 0.2) is 176 Å². The molecule has 2 saturated carbocycles. The molecule has 0 atom stereocenters. The molecule has 4 heteroatoms. The Balaban J connectivity index is 1.10. The van der Waals surface area contributed by atoms with E-state index < -0.39 is 12.7 Å². The van der Waals surface area contributed by atoms with Gasteiger partial charge in [0.15, 0.2) is 0 Å². The Morgan fingerprint density at radius 1 is 0.529 bits per heavy atom. The van der Waals surface area contributed by atoms with Crippen molar-refractivity contribution in [2.24, 2.45) is 11.8 Å². The lowest BCUT2D eigenvalue weighted by Crippen LogP contribution is -2.11. The second-order valence-electron chi connectivity index (χ2n) is 19.9. The second-order valence-corrected chi connectivity index (χ2v) is 19.9. The van der Waals surface area contributed by atoms with Gasteiger partial charge in [0.05, 0.1) is 28.0 Å². The fraction of sp³-hybridized carbons (Fsp3) is 0.250. The minimum atomic E-state index is -1.50. The van der Waals surface area contributed by atoms with Crippen LogP contribution in [0.3, 0.4) is 0 Å². The number of para-hydroxylation sites is 1. The van der Waals surface area contributed by atoms with Gasteiger partial charge in [0.1, 0.15) is 11.6 Å². The topological polar surface area (TPSA) is 50.9 Å². The summed E-state index contributed by atoms with van der Waals surface area (Å²) in [5, 5.41) is 11.9. The highest BCUT2D eigenvalue weighted by Gasteiger charge is 2.25. The van der Waals surface area contributed by atoms with Gasteiger partial charge in [-0.3, -0.25) is 9.55 Å². The molecule has 0 unspecified atom stereocenters. The summed E-state index contributed by atoms with van der Waals surface area (Å²) < 4.78 is 39.1. The van der Waals surface area contributed by atoms with Crippen LogP contribution in [0, 0.1) is 11.8 Å². The largest absolute Gasteiger partial charge is 0.507 e. The van der Waals surface area contributed by atoms with Crippen molar-refractivity contribution in [3.63, 3.8) is 0 Å². The SMILES string of the molecule is [2H]C([2H])(c1ccc(-c2ccnc(-c3cc(-c4ccccc4)cc(-c4cccc5c4nc(-c4cc(C(C)(C)C)ccc4O)n5-c4ccc(C([2H])([2H])C5CCCC5)cc4-c4ccccc4)c3)c2)cc1)C1CCCC1. The average Bonchev–Trinajstić information content (AvgIpc) is 4.23. The van der Waals surface area contributed by atoms with Gasteiger partial charge in [0.2, 0.25) is 0 Å². The van der Waals surface area contributed by atoms with Crippen LogP contribution in [0.25, 0.3) is 83.9 Å². The summed E-state index contributed by atoms with van der Waals surface area (Å²) in [6.45, 7) is 6.52. The number of phenols is 1. The maximum Gasteiger partial charge on any atom is 0.149 e. The number of rotatable bonds is 11. The number of phenolic OH excluding ortho intramolecular Hbond substituents is 1. The van der Waals surface area contributed by atoms with Crippen molar-refractivity contribution in [1.82, 2.24) is 14.5 Å². The van der Waals surface area contributed by atoms with Crippen molar-refractivity contribution >= 4 is 11.0 Å². The number of fused-ring (bicyclic) bond motifs is 1. The van der Waals surface area contributed by atoms with Crippen LogP contribution in [0.5, 0.6) is 5.75 Å². The number of pyridine rings is 1. The minimum Gasteiger partial charge on any atom is -0.507 e. The van der Waals surface area contributed by atoms with Crippen LogP contribution in [-0.4, -0.2) is 19.6 Å². The van der Waals surface area contributed by atoms with Gasteiger partial charge in [-0.25, -0.2) is 4.98 Å². The first kappa shape index (κ1) is 39.0. The number of aromatic nitrogens is 3. The van der Waals surface area contributed by atoms with Gasteiger partial charge >= 0.3 is 0 Å². The molecule has 11 rings (SSSR count). The van der Waals surface area contributed by atoms with Gasteiger partial charge in [-0.05, 0) is 141 Å². The van der Waals surface area contributed by atoms with Gasteiger partial charge in [-0.1, -0.05) is 181 Å². The monoisotopic (exact) mass is 892 g/mol. The Hall–Kier alpha value is -7.04. The highest BCUT2D eigenvalue weighted by atomic mass is 16.3. The summed E-state index contributed by atoms with van der Waals surface area (Å²) in [6.07, 6.45) is 6.90. The predicted octanol–water partition coefficient (Wildman–Crippen LogP) is 16.9. The summed E-state index contributed by atoms with van der Waals surface area (Å²) in [4.78, 5) is 10.5. The Bertz CT molecular complexity index is 3420. The Labute approximate surface area is 408 Å². The van der Waals surface area contributed by atoms with Crippen LogP contribution in [0.4, 0.5) is 0 Å². The minimum absolute atomic E-state index is 0.0442. The first-order chi connectivity index (χ1) is 34.7. The molecule has 2 aliphatic carbocycles. The quantitative estimate of drug-likeness (QED) is 0.141. The molecule has 0 aliphatic heterocycles. The third-order valence-electron chi connectivity index (χ3n) is 14.2. The zero-order valence-electron chi connectivity index (χ0n) is 43.3. The molecule has 9 aromatic rings. The molecule has 68 heavy (non-hydrogen) atoms. The smallest absolute Gasteiger partial charge is 0.149 e. The number of hydrogen-bond acceptors (Lipinski definition) is 3. The lowest BCUT2D eigenvalue weighted by Gasteiger charge is -2.21. The fourth-order valence-electron chi connectivity index (χ4n) is 10.5. The van der Waals surface area contributed by atoms with Gasteiger partial charge < -0.3 is 5.11 Å². The van der Waals surface area contributed by atoms with E-state index in [1.165, 1.54) is 0 Å². The zero-order chi connectivity index (χ0) is 49.8. The van der Waals surface area contributed by atoms with Crippen LogP contribution < -0.4 is 0 Å².